The average Bonchev–Trinajstić information content (AvgIpc) is 3.33. The maximum atomic E-state index is 12.8. The van der Waals surface area contributed by atoms with E-state index in [1.54, 1.807) is 42.2 Å². The lowest BCUT2D eigenvalue weighted by atomic mass is 10.1. The number of amides is 2. The lowest BCUT2D eigenvalue weighted by molar-refractivity contribution is -0.122. The van der Waals surface area contributed by atoms with Crippen molar-refractivity contribution >= 4 is 34.3 Å². The summed E-state index contributed by atoms with van der Waals surface area (Å²) in [6.07, 6.45) is 0.105. The molecule has 1 fully saturated rings. The molecule has 0 unspecified atom stereocenters. The standard InChI is InChI=1S/C22H23N3O6/c1-12-23-16-8-14(5-6-17(16)31-12)24-22(27)13-7-20(26)25(11-13)15-9-18(28-2)21(30-4)19(10-15)29-3/h5-6,8-10,13H,7,11H2,1-4H3,(H,24,27)/t13-/m0/s1. The minimum absolute atomic E-state index is 0.105. The van der Waals surface area contributed by atoms with Gasteiger partial charge in [-0.2, -0.15) is 0 Å². The molecule has 1 aliphatic rings. The smallest absolute Gasteiger partial charge is 0.229 e. The van der Waals surface area contributed by atoms with Gasteiger partial charge in [0.25, 0.3) is 0 Å². The number of rotatable bonds is 6. The third-order valence-electron chi connectivity index (χ3n) is 5.22. The molecule has 31 heavy (non-hydrogen) atoms. The quantitative estimate of drug-likeness (QED) is 0.647. The molecule has 0 radical (unpaired) electrons. The summed E-state index contributed by atoms with van der Waals surface area (Å²) in [5.41, 5.74) is 2.50. The van der Waals surface area contributed by atoms with Crippen molar-refractivity contribution in [2.24, 2.45) is 5.92 Å². The van der Waals surface area contributed by atoms with Crippen molar-refractivity contribution in [1.29, 1.82) is 0 Å². The maximum Gasteiger partial charge on any atom is 0.229 e. The fourth-order valence-corrected chi connectivity index (χ4v) is 3.72. The highest BCUT2D eigenvalue weighted by Crippen LogP contribution is 2.42. The summed E-state index contributed by atoms with van der Waals surface area (Å²) < 4.78 is 21.5. The van der Waals surface area contributed by atoms with Gasteiger partial charge in [0.05, 0.1) is 32.9 Å². The van der Waals surface area contributed by atoms with Gasteiger partial charge in [-0.25, -0.2) is 4.98 Å². The van der Waals surface area contributed by atoms with Crippen molar-refractivity contribution in [2.45, 2.75) is 13.3 Å². The Labute approximate surface area is 178 Å². The molecule has 0 aliphatic carbocycles. The van der Waals surface area contributed by atoms with E-state index in [-0.39, 0.29) is 24.8 Å². The van der Waals surface area contributed by atoms with Gasteiger partial charge in [-0.15, -0.1) is 0 Å². The van der Waals surface area contributed by atoms with Gasteiger partial charge in [0.15, 0.2) is 23.0 Å². The van der Waals surface area contributed by atoms with Crippen LogP contribution in [0.2, 0.25) is 0 Å². The van der Waals surface area contributed by atoms with Crippen molar-refractivity contribution in [1.82, 2.24) is 4.98 Å². The molecular weight excluding hydrogens is 402 g/mol. The van der Waals surface area contributed by atoms with E-state index in [0.717, 1.165) is 0 Å². The van der Waals surface area contributed by atoms with E-state index in [2.05, 4.69) is 10.3 Å². The van der Waals surface area contributed by atoms with Crippen LogP contribution in [0.4, 0.5) is 11.4 Å². The summed E-state index contributed by atoms with van der Waals surface area (Å²) in [7, 11) is 4.53. The zero-order valence-electron chi connectivity index (χ0n) is 17.7. The highest BCUT2D eigenvalue weighted by Gasteiger charge is 2.36. The Morgan fingerprint density at radius 1 is 1.13 bits per heavy atom. The minimum atomic E-state index is -0.499. The minimum Gasteiger partial charge on any atom is -0.493 e. The van der Waals surface area contributed by atoms with E-state index >= 15 is 0 Å². The number of nitrogens with one attached hydrogen (secondary N) is 1. The lowest BCUT2D eigenvalue weighted by Crippen LogP contribution is -2.28. The lowest BCUT2D eigenvalue weighted by Gasteiger charge is -2.20. The van der Waals surface area contributed by atoms with E-state index in [4.69, 9.17) is 18.6 Å². The van der Waals surface area contributed by atoms with Crippen LogP contribution in [0.25, 0.3) is 11.1 Å². The Morgan fingerprint density at radius 3 is 2.48 bits per heavy atom. The first kappa shape index (κ1) is 20.5. The van der Waals surface area contributed by atoms with Gasteiger partial charge in [0.2, 0.25) is 17.6 Å². The Balaban J connectivity index is 1.52. The van der Waals surface area contributed by atoms with E-state index in [1.807, 2.05) is 0 Å². The molecular formula is C22H23N3O6. The van der Waals surface area contributed by atoms with Crippen LogP contribution in [0.5, 0.6) is 17.2 Å². The van der Waals surface area contributed by atoms with Crippen LogP contribution in [0.1, 0.15) is 12.3 Å². The number of carbonyl (C=O) groups excluding carboxylic acids is 2. The molecule has 3 aromatic rings. The summed E-state index contributed by atoms with van der Waals surface area (Å²) in [4.78, 5) is 31.3. The zero-order valence-corrected chi connectivity index (χ0v) is 17.7. The largest absolute Gasteiger partial charge is 0.493 e. The van der Waals surface area contributed by atoms with Crippen molar-refractivity contribution in [3.05, 3.63) is 36.2 Å². The third kappa shape index (κ3) is 3.86. The Morgan fingerprint density at radius 2 is 1.84 bits per heavy atom. The number of nitrogens with zero attached hydrogens (tertiary/aromatic N) is 2. The molecule has 1 aliphatic heterocycles. The summed E-state index contributed by atoms with van der Waals surface area (Å²) in [6.45, 7) is 2.01. The van der Waals surface area contributed by atoms with Crippen LogP contribution >= 0.6 is 0 Å². The highest BCUT2D eigenvalue weighted by atomic mass is 16.5. The SMILES string of the molecule is COc1cc(N2C[C@@H](C(=O)Nc3ccc4oc(C)nc4c3)CC2=O)cc(OC)c1OC. The predicted octanol–water partition coefficient (Wildman–Crippen LogP) is 3.15. The number of oxazole rings is 1. The van der Waals surface area contributed by atoms with Gasteiger partial charge >= 0.3 is 0 Å². The molecule has 1 aromatic heterocycles. The number of hydrogen-bond acceptors (Lipinski definition) is 7. The predicted molar refractivity (Wildman–Crippen MR) is 114 cm³/mol. The first-order chi connectivity index (χ1) is 14.9. The molecule has 0 bridgehead atoms. The van der Waals surface area contributed by atoms with Gasteiger partial charge in [-0.1, -0.05) is 0 Å². The second-order valence-corrected chi connectivity index (χ2v) is 7.19. The van der Waals surface area contributed by atoms with Crippen LogP contribution in [0, 0.1) is 12.8 Å². The fourth-order valence-electron chi connectivity index (χ4n) is 3.72. The first-order valence-corrected chi connectivity index (χ1v) is 9.72. The van der Waals surface area contributed by atoms with Gasteiger partial charge < -0.3 is 28.8 Å². The molecule has 2 amide bonds. The molecule has 1 atom stereocenters. The second-order valence-electron chi connectivity index (χ2n) is 7.19. The third-order valence-corrected chi connectivity index (χ3v) is 5.22. The molecule has 1 N–H and O–H groups in total. The van der Waals surface area contributed by atoms with Crippen molar-refractivity contribution in [2.75, 3.05) is 38.1 Å². The van der Waals surface area contributed by atoms with Crippen molar-refractivity contribution < 1.29 is 28.2 Å². The van der Waals surface area contributed by atoms with Gasteiger partial charge in [-0.3, -0.25) is 9.59 Å². The van der Waals surface area contributed by atoms with Crippen molar-refractivity contribution in [3.63, 3.8) is 0 Å². The van der Waals surface area contributed by atoms with E-state index in [9.17, 15) is 9.59 Å². The number of aryl methyl sites for hydroxylation is 1. The van der Waals surface area contributed by atoms with E-state index < -0.39 is 5.92 Å². The molecule has 1 saturated heterocycles. The summed E-state index contributed by atoms with van der Waals surface area (Å²) in [5, 5.41) is 2.87. The van der Waals surface area contributed by atoms with E-state index in [0.29, 0.717) is 45.6 Å². The summed E-state index contributed by atoms with van der Waals surface area (Å²) in [6, 6.07) is 8.64. The fraction of sp³-hybridized carbons (Fsp3) is 0.318. The molecule has 9 heteroatoms. The Hall–Kier alpha value is -3.75. The van der Waals surface area contributed by atoms with Gasteiger partial charge in [0, 0.05) is 37.7 Å². The van der Waals surface area contributed by atoms with Gasteiger partial charge in [-0.05, 0) is 18.2 Å². The number of carbonyl (C=O) groups is 2. The molecule has 4 rings (SSSR count). The zero-order chi connectivity index (χ0) is 22.1. The molecule has 0 spiro atoms. The molecule has 2 heterocycles. The van der Waals surface area contributed by atoms with E-state index in [1.165, 1.54) is 21.3 Å². The maximum absolute atomic E-state index is 12.8. The number of aromatic nitrogens is 1. The van der Waals surface area contributed by atoms with Gasteiger partial charge in [0.1, 0.15) is 5.52 Å². The molecule has 2 aromatic carbocycles. The number of fused-ring (bicyclic) bond motifs is 1. The molecule has 162 valence electrons. The molecule has 9 nitrogen and oxygen atoms in total. The first-order valence-electron chi connectivity index (χ1n) is 9.72. The second kappa shape index (κ2) is 8.17. The monoisotopic (exact) mass is 425 g/mol. The molecule has 0 saturated carbocycles. The Bertz CT molecular complexity index is 1130. The topological polar surface area (TPSA) is 103 Å². The number of benzene rings is 2. The van der Waals surface area contributed by atoms with Crippen LogP contribution in [-0.2, 0) is 9.59 Å². The number of hydrogen-bond donors (Lipinski definition) is 1. The number of ether oxygens (including phenoxy) is 3. The highest BCUT2D eigenvalue weighted by molar-refractivity contribution is 6.04. The normalized spacial score (nSPS) is 15.9. The summed E-state index contributed by atoms with van der Waals surface area (Å²) >= 11 is 0. The van der Waals surface area contributed by atoms with Crippen LogP contribution in [0.15, 0.2) is 34.7 Å². The van der Waals surface area contributed by atoms with Crippen LogP contribution in [0.3, 0.4) is 0 Å². The Kier molecular flexibility index (Phi) is 5.41. The average molecular weight is 425 g/mol. The van der Waals surface area contributed by atoms with Crippen molar-refractivity contribution in [3.8, 4) is 17.2 Å². The number of anilines is 2. The van der Waals surface area contributed by atoms with Crippen LogP contribution < -0.4 is 24.4 Å². The van der Waals surface area contributed by atoms with Crippen LogP contribution in [-0.4, -0.2) is 44.7 Å². The number of methoxy groups -OCH3 is 3. The summed E-state index contributed by atoms with van der Waals surface area (Å²) in [5.74, 6) is 0.984.